The van der Waals surface area contributed by atoms with Crippen LogP contribution in [-0.2, 0) is 22.4 Å². The maximum atomic E-state index is 12.4. The highest BCUT2D eigenvalue weighted by Crippen LogP contribution is 2.36. The summed E-state index contributed by atoms with van der Waals surface area (Å²) >= 11 is 6.47. The van der Waals surface area contributed by atoms with Gasteiger partial charge in [0.2, 0.25) is 6.10 Å². The predicted octanol–water partition coefficient (Wildman–Crippen LogP) is 4.62. The molecular weight excluding hydrogens is 380 g/mol. The van der Waals surface area contributed by atoms with Gasteiger partial charge in [-0.1, -0.05) is 41.9 Å². The molecule has 0 fully saturated rings. The maximum absolute atomic E-state index is 12.4. The lowest BCUT2D eigenvalue weighted by Crippen LogP contribution is -2.20. The SMILES string of the molecule is COC(=O)C(Oc1cc2oc(=O)c3c(c2cc1Cl)CCCC3)c1ccccc1. The van der Waals surface area contributed by atoms with Crippen molar-refractivity contribution in [3.8, 4) is 5.75 Å². The number of hydrogen-bond donors (Lipinski definition) is 0. The van der Waals surface area contributed by atoms with Crippen LogP contribution in [0.5, 0.6) is 5.75 Å². The van der Waals surface area contributed by atoms with Crippen molar-refractivity contribution in [1.29, 1.82) is 0 Å². The second kappa shape index (κ2) is 7.68. The molecule has 5 nitrogen and oxygen atoms in total. The molecule has 4 rings (SSSR count). The van der Waals surface area contributed by atoms with Gasteiger partial charge in [0, 0.05) is 22.6 Å². The van der Waals surface area contributed by atoms with E-state index in [1.165, 1.54) is 7.11 Å². The van der Waals surface area contributed by atoms with E-state index < -0.39 is 12.1 Å². The molecule has 2 aromatic carbocycles. The lowest BCUT2D eigenvalue weighted by Gasteiger charge is -2.20. The van der Waals surface area contributed by atoms with Crippen LogP contribution in [0.4, 0.5) is 0 Å². The Morgan fingerprint density at radius 3 is 2.54 bits per heavy atom. The topological polar surface area (TPSA) is 65.7 Å². The lowest BCUT2D eigenvalue weighted by molar-refractivity contribution is -0.149. The van der Waals surface area contributed by atoms with E-state index in [0.717, 1.165) is 42.2 Å². The van der Waals surface area contributed by atoms with E-state index in [2.05, 4.69) is 0 Å². The minimum Gasteiger partial charge on any atom is -0.472 e. The van der Waals surface area contributed by atoms with E-state index in [0.29, 0.717) is 16.2 Å². The molecule has 0 saturated carbocycles. The number of hydrogen-bond acceptors (Lipinski definition) is 5. The molecule has 0 spiro atoms. The first-order valence-electron chi connectivity index (χ1n) is 9.16. The van der Waals surface area contributed by atoms with Crippen molar-refractivity contribution in [1.82, 2.24) is 0 Å². The molecule has 1 aliphatic carbocycles. The molecule has 0 aliphatic heterocycles. The molecule has 3 aromatic rings. The number of benzene rings is 2. The number of rotatable bonds is 4. The van der Waals surface area contributed by atoms with Gasteiger partial charge in [0.15, 0.2) is 0 Å². The van der Waals surface area contributed by atoms with Crippen LogP contribution in [0.2, 0.25) is 5.02 Å². The molecule has 1 aromatic heterocycles. The number of carbonyl (C=O) groups is 1. The second-order valence-electron chi connectivity index (χ2n) is 6.76. The Balaban J connectivity index is 1.79. The van der Waals surface area contributed by atoms with Crippen LogP contribution < -0.4 is 10.4 Å². The molecule has 28 heavy (non-hydrogen) atoms. The van der Waals surface area contributed by atoms with Crippen LogP contribution in [0.3, 0.4) is 0 Å². The highest BCUT2D eigenvalue weighted by molar-refractivity contribution is 6.32. The Kier molecular flexibility index (Phi) is 5.09. The Hall–Kier alpha value is -2.79. The van der Waals surface area contributed by atoms with Gasteiger partial charge in [0.05, 0.1) is 12.1 Å². The average molecular weight is 399 g/mol. The molecule has 1 unspecified atom stereocenters. The summed E-state index contributed by atoms with van der Waals surface area (Å²) in [6.45, 7) is 0. The number of fused-ring (bicyclic) bond motifs is 3. The fourth-order valence-corrected chi connectivity index (χ4v) is 3.86. The minimum atomic E-state index is -0.981. The monoisotopic (exact) mass is 398 g/mol. The minimum absolute atomic E-state index is 0.257. The molecule has 0 saturated heterocycles. The Morgan fingerprint density at radius 1 is 1.11 bits per heavy atom. The summed E-state index contributed by atoms with van der Waals surface area (Å²) in [7, 11) is 1.30. The third-order valence-corrected chi connectivity index (χ3v) is 5.33. The van der Waals surface area contributed by atoms with Crippen LogP contribution in [0, 0.1) is 0 Å². The van der Waals surface area contributed by atoms with Crippen molar-refractivity contribution in [2.75, 3.05) is 7.11 Å². The fraction of sp³-hybridized carbons (Fsp3) is 0.273. The first-order chi connectivity index (χ1) is 13.6. The van der Waals surface area contributed by atoms with Gasteiger partial charge in [-0.25, -0.2) is 9.59 Å². The van der Waals surface area contributed by atoms with E-state index in [1.54, 1.807) is 24.3 Å². The molecule has 144 valence electrons. The molecule has 0 radical (unpaired) electrons. The van der Waals surface area contributed by atoms with E-state index in [1.807, 2.05) is 18.2 Å². The van der Waals surface area contributed by atoms with Crippen LogP contribution in [-0.4, -0.2) is 13.1 Å². The Bertz CT molecular complexity index is 1090. The lowest BCUT2D eigenvalue weighted by atomic mass is 9.90. The number of methoxy groups -OCH3 is 1. The predicted molar refractivity (Wildman–Crippen MR) is 106 cm³/mol. The van der Waals surface area contributed by atoms with Crippen molar-refractivity contribution in [2.24, 2.45) is 0 Å². The van der Waals surface area contributed by atoms with Gasteiger partial charge >= 0.3 is 11.6 Å². The van der Waals surface area contributed by atoms with Gasteiger partial charge in [0.25, 0.3) is 0 Å². The van der Waals surface area contributed by atoms with Crippen LogP contribution in [0.1, 0.15) is 35.6 Å². The zero-order valence-corrected chi connectivity index (χ0v) is 16.1. The fourth-order valence-electron chi connectivity index (χ4n) is 3.65. The van der Waals surface area contributed by atoms with Gasteiger partial charge in [-0.05, 0) is 37.3 Å². The van der Waals surface area contributed by atoms with Gasteiger partial charge < -0.3 is 13.9 Å². The summed E-state index contributed by atoms with van der Waals surface area (Å²) in [5.41, 5.74) is 2.46. The summed E-state index contributed by atoms with van der Waals surface area (Å²) in [4.78, 5) is 24.6. The first kappa shape index (κ1) is 18.6. The summed E-state index contributed by atoms with van der Waals surface area (Å²) in [5, 5.41) is 1.17. The normalized spacial score (nSPS) is 14.4. The van der Waals surface area contributed by atoms with E-state index in [9.17, 15) is 9.59 Å². The van der Waals surface area contributed by atoms with Crippen LogP contribution >= 0.6 is 11.6 Å². The van der Waals surface area contributed by atoms with E-state index >= 15 is 0 Å². The zero-order valence-electron chi connectivity index (χ0n) is 15.4. The summed E-state index contributed by atoms with van der Waals surface area (Å²) in [6, 6.07) is 12.3. The molecule has 6 heteroatoms. The summed E-state index contributed by atoms with van der Waals surface area (Å²) in [6.07, 6.45) is 2.58. The standard InChI is InChI=1S/C22H19ClO5/c1-26-22(25)20(13-7-3-2-4-8-13)27-19-12-18-16(11-17(19)23)14-9-5-6-10-15(14)21(24)28-18/h2-4,7-8,11-12,20H,5-6,9-10H2,1H3. The number of ether oxygens (including phenoxy) is 2. The zero-order chi connectivity index (χ0) is 19.7. The molecule has 0 bridgehead atoms. The van der Waals surface area contributed by atoms with Crippen LogP contribution in [0.25, 0.3) is 11.0 Å². The molecule has 1 heterocycles. The highest BCUT2D eigenvalue weighted by atomic mass is 35.5. The quantitative estimate of drug-likeness (QED) is 0.474. The van der Waals surface area contributed by atoms with Crippen molar-refractivity contribution in [3.63, 3.8) is 0 Å². The van der Waals surface area contributed by atoms with Crippen molar-refractivity contribution in [3.05, 3.63) is 74.6 Å². The van der Waals surface area contributed by atoms with Crippen LogP contribution in [0.15, 0.2) is 51.7 Å². The van der Waals surface area contributed by atoms with E-state index in [-0.39, 0.29) is 11.4 Å². The Labute approximate surface area is 166 Å². The number of aryl methyl sites for hydroxylation is 1. The molecular formula is C22H19ClO5. The van der Waals surface area contributed by atoms with Crippen molar-refractivity contribution < 1.29 is 18.7 Å². The Morgan fingerprint density at radius 2 is 1.82 bits per heavy atom. The molecule has 1 atom stereocenters. The van der Waals surface area contributed by atoms with Crippen molar-refractivity contribution in [2.45, 2.75) is 31.8 Å². The summed E-state index contributed by atoms with van der Waals surface area (Å²) < 4.78 is 16.3. The van der Waals surface area contributed by atoms with Gasteiger partial charge in [-0.15, -0.1) is 0 Å². The number of halogens is 1. The third kappa shape index (κ3) is 3.38. The molecule has 0 amide bonds. The maximum Gasteiger partial charge on any atom is 0.351 e. The highest BCUT2D eigenvalue weighted by Gasteiger charge is 2.26. The summed E-state index contributed by atoms with van der Waals surface area (Å²) in [5.74, 6) is -0.290. The molecule has 0 N–H and O–H groups in total. The number of carbonyl (C=O) groups excluding carboxylic acids is 1. The van der Waals surface area contributed by atoms with Gasteiger partial charge in [-0.3, -0.25) is 0 Å². The largest absolute Gasteiger partial charge is 0.472 e. The number of esters is 1. The second-order valence-corrected chi connectivity index (χ2v) is 7.17. The van der Waals surface area contributed by atoms with E-state index in [4.69, 9.17) is 25.5 Å². The van der Waals surface area contributed by atoms with Gasteiger partial charge in [-0.2, -0.15) is 0 Å². The first-order valence-corrected chi connectivity index (χ1v) is 9.54. The average Bonchev–Trinajstić information content (AvgIpc) is 2.73. The smallest absolute Gasteiger partial charge is 0.351 e. The third-order valence-electron chi connectivity index (χ3n) is 5.04. The van der Waals surface area contributed by atoms with Gasteiger partial charge in [0.1, 0.15) is 11.3 Å². The molecule has 1 aliphatic rings. The van der Waals surface area contributed by atoms with Crippen molar-refractivity contribution >= 4 is 28.5 Å².